The Bertz CT molecular complexity index is 636. The monoisotopic (exact) mass is 302 g/mol. The highest BCUT2D eigenvalue weighted by molar-refractivity contribution is 7.07. The van der Waals surface area contributed by atoms with Crippen LogP contribution >= 0.6 is 11.3 Å². The summed E-state index contributed by atoms with van der Waals surface area (Å²) in [6.07, 6.45) is 0.728. The molecular formula is C16H18N2O2S. The molecule has 2 amide bonds. The second-order valence-corrected chi connectivity index (χ2v) is 5.69. The fourth-order valence-electron chi connectivity index (χ4n) is 1.89. The van der Waals surface area contributed by atoms with Crippen LogP contribution in [0.4, 0.5) is 5.69 Å². The number of thiophene rings is 1. The van der Waals surface area contributed by atoms with Crippen molar-refractivity contribution in [2.45, 2.75) is 20.3 Å². The summed E-state index contributed by atoms with van der Waals surface area (Å²) in [7, 11) is 0. The summed E-state index contributed by atoms with van der Waals surface area (Å²) in [6, 6.07) is 7.74. The van der Waals surface area contributed by atoms with E-state index in [0.29, 0.717) is 12.2 Å². The molecule has 0 fully saturated rings. The van der Waals surface area contributed by atoms with Gasteiger partial charge in [-0.1, -0.05) is 12.1 Å². The minimum absolute atomic E-state index is 0.454. The molecule has 0 aliphatic heterocycles. The molecule has 21 heavy (non-hydrogen) atoms. The number of anilines is 1. The average Bonchev–Trinajstić information content (AvgIpc) is 2.96. The maximum atomic E-state index is 11.8. The van der Waals surface area contributed by atoms with Gasteiger partial charge in [0, 0.05) is 12.2 Å². The Hall–Kier alpha value is -2.14. The number of aryl methyl sites for hydroxylation is 2. The lowest BCUT2D eigenvalue weighted by molar-refractivity contribution is -0.136. The maximum absolute atomic E-state index is 11.8. The lowest BCUT2D eigenvalue weighted by Gasteiger charge is -2.09. The van der Waals surface area contributed by atoms with Gasteiger partial charge in [-0.15, -0.1) is 0 Å². The van der Waals surface area contributed by atoms with Crippen molar-refractivity contribution in [2.75, 3.05) is 11.9 Å². The van der Waals surface area contributed by atoms with Gasteiger partial charge in [-0.05, 0) is 59.9 Å². The summed E-state index contributed by atoms with van der Waals surface area (Å²) in [4.78, 5) is 23.6. The fraction of sp³-hybridized carbons (Fsp3) is 0.250. The number of amides is 2. The third-order valence-corrected chi connectivity index (χ3v) is 3.86. The standard InChI is InChI=1S/C16H18N2O2S/c1-11-3-4-12(2)14(9-11)18-16(20)15(19)17-7-5-13-6-8-21-10-13/h3-4,6,8-10H,5,7H2,1-2H3,(H,17,19)(H,18,20). The topological polar surface area (TPSA) is 58.2 Å². The Morgan fingerprint density at radius 1 is 1.14 bits per heavy atom. The minimum atomic E-state index is -0.631. The summed E-state index contributed by atoms with van der Waals surface area (Å²) in [5, 5.41) is 9.29. The van der Waals surface area contributed by atoms with Crippen molar-refractivity contribution in [3.63, 3.8) is 0 Å². The Morgan fingerprint density at radius 2 is 1.95 bits per heavy atom. The molecule has 110 valence electrons. The summed E-state index contributed by atoms with van der Waals surface area (Å²) >= 11 is 1.62. The number of hydrogen-bond acceptors (Lipinski definition) is 3. The first-order valence-corrected chi connectivity index (χ1v) is 7.68. The molecular weight excluding hydrogens is 284 g/mol. The first-order valence-electron chi connectivity index (χ1n) is 6.74. The smallest absolute Gasteiger partial charge is 0.313 e. The summed E-state index contributed by atoms with van der Waals surface area (Å²) in [5.74, 6) is -1.24. The number of carbonyl (C=O) groups is 2. The zero-order valence-electron chi connectivity index (χ0n) is 12.1. The van der Waals surface area contributed by atoms with Crippen molar-refractivity contribution in [3.05, 3.63) is 51.7 Å². The van der Waals surface area contributed by atoms with Gasteiger partial charge in [0.25, 0.3) is 0 Å². The average molecular weight is 302 g/mol. The highest BCUT2D eigenvalue weighted by Crippen LogP contribution is 2.16. The van der Waals surface area contributed by atoms with Gasteiger partial charge in [-0.25, -0.2) is 0 Å². The Balaban J connectivity index is 1.84. The quantitative estimate of drug-likeness (QED) is 0.853. The lowest BCUT2D eigenvalue weighted by atomic mass is 10.1. The van der Waals surface area contributed by atoms with E-state index in [-0.39, 0.29) is 0 Å². The van der Waals surface area contributed by atoms with Gasteiger partial charge in [0.1, 0.15) is 0 Å². The molecule has 5 heteroatoms. The van der Waals surface area contributed by atoms with Gasteiger partial charge in [0.05, 0.1) is 0 Å². The summed E-state index contributed by atoms with van der Waals surface area (Å²) in [5.41, 5.74) is 3.80. The summed E-state index contributed by atoms with van der Waals surface area (Å²) in [6.45, 7) is 4.29. The third-order valence-electron chi connectivity index (χ3n) is 3.13. The molecule has 2 N–H and O–H groups in total. The highest BCUT2D eigenvalue weighted by atomic mass is 32.1. The molecule has 0 unspecified atom stereocenters. The first kappa shape index (κ1) is 15.3. The molecule has 0 bridgehead atoms. The molecule has 1 heterocycles. The summed E-state index contributed by atoms with van der Waals surface area (Å²) < 4.78 is 0. The Morgan fingerprint density at radius 3 is 2.67 bits per heavy atom. The van der Waals surface area contributed by atoms with E-state index < -0.39 is 11.8 Å². The zero-order valence-corrected chi connectivity index (χ0v) is 12.9. The number of hydrogen-bond donors (Lipinski definition) is 2. The molecule has 2 aromatic rings. The molecule has 0 aliphatic rings. The highest BCUT2D eigenvalue weighted by Gasteiger charge is 2.14. The van der Waals surface area contributed by atoms with E-state index in [1.165, 1.54) is 0 Å². The van der Waals surface area contributed by atoms with Crippen molar-refractivity contribution in [2.24, 2.45) is 0 Å². The van der Waals surface area contributed by atoms with E-state index >= 15 is 0 Å². The van der Waals surface area contributed by atoms with Crippen LogP contribution in [-0.4, -0.2) is 18.4 Å². The fourth-order valence-corrected chi connectivity index (χ4v) is 2.59. The van der Waals surface area contributed by atoms with Crippen LogP contribution in [0.3, 0.4) is 0 Å². The molecule has 2 rings (SSSR count). The van der Waals surface area contributed by atoms with Crippen molar-refractivity contribution in [3.8, 4) is 0 Å². The van der Waals surface area contributed by atoms with E-state index in [0.717, 1.165) is 23.1 Å². The Labute approximate surface area is 128 Å². The second kappa shape index (κ2) is 7.04. The Kier molecular flexibility index (Phi) is 5.11. The molecule has 1 aromatic carbocycles. The van der Waals surface area contributed by atoms with Crippen molar-refractivity contribution in [1.29, 1.82) is 0 Å². The molecule has 0 radical (unpaired) electrons. The number of rotatable bonds is 4. The number of benzene rings is 1. The van der Waals surface area contributed by atoms with Gasteiger partial charge >= 0.3 is 11.8 Å². The van der Waals surface area contributed by atoms with Crippen LogP contribution in [0, 0.1) is 13.8 Å². The predicted molar refractivity (Wildman–Crippen MR) is 85.6 cm³/mol. The molecule has 0 saturated heterocycles. The van der Waals surface area contributed by atoms with Crippen LogP contribution in [0.25, 0.3) is 0 Å². The minimum Gasteiger partial charge on any atom is -0.347 e. The van der Waals surface area contributed by atoms with Crippen LogP contribution < -0.4 is 10.6 Å². The van der Waals surface area contributed by atoms with Crippen molar-refractivity contribution < 1.29 is 9.59 Å². The van der Waals surface area contributed by atoms with Crippen molar-refractivity contribution >= 4 is 28.8 Å². The SMILES string of the molecule is Cc1ccc(C)c(NC(=O)C(=O)NCCc2ccsc2)c1. The van der Waals surface area contributed by atoms with E-state index in [4.69, 9.17) is 0 Å². The zero-order chi connectivity index (χ0) is 15.2. The largest absolute Gasteiger partial charge is 0.347 e. The van der Waals surface area contributed by atoms with Gasteiger partial charge in [-0.3, -0.25) is 9.59 Å². The predicted octanol–water partition coefficient (Wildman–Crippen LogP) is 2.66. The van der Waals surface area contributed by atoms with Gasteiger partial charge in [0.2, 0.25) is 0 Å². The number of carbonyl (C=O) groups excluding carboxylic acids is 2. The molecule has 4 nitrogen and oxygen atoms in total. The normalized spacial score (nSPS) is 10.2. The second-order valence-electron chi connectivity index (χ2n) is 4.91. The van der Waals surface area contributed by atoms with E-state index in [1.54, 1.807) is 11.3 Å². The van der Waals surface area contributed by atoms with E-state index in [1.807, 2.05) is 48.9 Å². The van der Waals surface area contributed by atoms with E-state index in [9.17, 15) is 9.59 Å². The number of nitrogens with one attached hydrogen (secondary N) is 2. The van der Waals surface area contributed by atoms with Gasteiger partial charge in [-0.2, -0.15) is 11.3 Å². The third kappa shape index (κ3) is 4.43. The van der Waals surface area contributed by atoms with Gasteiger partial charge < -0.3 is 10.6 Å². The van der Waals surface area contributed by atoms with E-state index in [2.05, 4.69) is 10.6 Å². The van der Waals surface area contributed by atoms with Gasteiger partial charge in [0.15, 0.2) is 0 Å². The van der Waals surface area contributed by atoms with Crippen LogP contribution in [0.2, 0.25) is 0 Å². The molecule has 0 atom stereocenters. The van der Waals surface area contributed by atoms with Crippen molar-refractivity contribution in [1.82, 2.24) is 5.32 Å². The maximum Gasteiger partial charge on any atom is 0.313 e. The molecule has 0 saturated carbocycles. The van der Waals surface area contributed by atoms with Crippen LogP contribution in [0.5, 0.6) is 0 Å². The molecule has 0 aliphatic carbocycles. The molecule has 0 spiro atoms. The van der Waals surface area contributed by atoms with Crippen LogP contribution in [-0.2, 0) is 16.0 Å². The first-order chi connectivity index (χ1) is 10.1. The molecule has 1 aromatic heterocycles. The lowest BCUT2D eigenvalue weighted by Crippen LogP contribution is -2.36. The van der Waals surface area contributed by atoms with Crippen LogP contribution in [0.15, 0.2) is 35.0 Å². The van der Waals surface area contributed by atoms with Crippen LogP contribution in [0.1, 0.15) is 16.7 Å².